The molecule has 0 spiro atoms. The van der Waals surface area contributed by atoms with Crippen molar-refractivity contribution >= 4 is 28.6 Å². The number of carbonyl (C=O) groups excluding carboxylic acids is 1. The molecule has 6 heteroatoms. The smallest absolute Gasteiger partial charge is 0.251 e. The zero-order valence-corrected chi connectivity index (χ0v) is 18.7. The highest BCUT2D eigenvalue weighted by Crippen LogP contribution is 2.21. The van der Waals surface area contributed by atoms with Gasteiger partial charge in [-0.25, -0.2) is 4.98 Å². The van der Waals surface area contributed by atoms with Crippen molar-refractivity contribution in [2.45, 2.75) is 32.7 Å². The minimum absolute atomic E-state index is 0.164. The number of aromatic nitrogens is 1. The molecule has 0 radical (unpaired) electrons. The Labute approximate surface area is 192 Å². The fourth-order valence-corrected chi connectivity index (χ4v) is 3.55. The Hall–Kier alpha value is -3.31. The lowest BCUT2D eigenvalue weighted by Gasteiger charge is -2.08. The maximum atomic E-state index is 12.6. The molecule has 4 rings (SSSR count). The van der Waals surface area contributed by atoms with Gasteiger partial charge in [-0.3, -0.25) is 4.79 Å². The van der Waals surface area contributed by atoms with Gasteiger partial charge in [0.1, 0.15) is 11.3 Å². The Morgan fingerprint density at radius 1 is 1.06 bits per heavy atom. The van der Waals surface area contributed by atoms with Crippen molar-refractivity contribution < 1.29 is 13.9 Å². The quantitative estimate of drug-likeness (QED) is 0.310. The van der Waals surface area contributed by atoms with E-state index >= 15 is 0 Å². The highest BCUT2D eigenvalue weighted by atomic mass is 35.5. The molecule has 0 atom stereocenters. The second-order valence-corrected chi connectivity index (χ2v) is 8.06. The number of rotatable bonds is 9. The van der Waals surface area contributed by atoms with E-state index in [4.69, 9.17) is 20.8 Å². The van der Waals surface area contributed by atoms with Gasteiger partial charge in [-0.15, -0.1) is 0 Å². The minimum Gasteiger partial charge on any atom is -0.494 e. The number of fused-ring (bicyclic) bond motifs is 1. The molecule has 1 aromatic heterocycles. The van der Waals surface area contributed by atoms with Crippen LogP contribution in [-0.4, -0.2) is 17.5 Å². The van der Waals surface area contributed by atoms with Gasteiger partial charge in [-0.2, -0.15) is 0 Å². The van der Waals surface area contributed by atoms with E-state index in [1.54, 1.807) is 18.2 Å². The molecular formula is C26H25ClN2O3. The van der Waals surface area contributed by atoms with E-state index in [0.29, 0.717) is 35.0 Å². The maximum absolute atomic E-state index is 12.6. The number of amides is 1. The Kier molecular flexibility index (Phi) is 7.07. The van der Waals surface area contributed by atoms with E-state index in [2.05, 4.69) is 17.2 Å². The van der Waals surface area contributed by atoms with Crippen LogP contribution in [0.4, 0.5) is 0 Å². The van der Waals surface area contributed by atoms with Crippen LogP contribution >= 0.6 is 11.6 Å². The van der Waals surface area contributed by atoms with Gasteiger partial charge in [0.2, 0.25) is 0 Å². The summed E-state index contributed by atoms with van der Waals surface area (Å²) in [6, 6.07) is 20.7. The Balaban J connectivity index is 1.37. The van der Waals surface area contributed by atoms with Crippen molar-refractivity contribution in [3.05, 3.63) is 94.3 Å². The number of halogens is 1. The zero-order valence-electron chi connectivity index (χ0n) is 17.9. The van der Waals surface area contributed by atoms with Crippen molar-refractivity contribution in [3.63, 3.8) is 0 Å². The molecule has 0 aliphatic carbocycles. The van der Waals surface area contributed by atoms with Gasteiger partial charge in [0, 0.05) is 23.6 Å². The zero-order chi connectivity index (χ0) is 22.3. The molecule has 3 aromatic carbocycles. The monoisotopic (exact) mass is 448 g/mol. The highest BCUT2D eigenvalue weighted by Gasteiger charge is 2.11. The normalized spacial score (nSPS) is 10.9. The summed E-state index contributed by atoms with van der Waals surface area (Å²) in [5, 5.41) is 3.63. The molecule has 0 saturated carbocycles. The predicted octanol–water partition coefficient (Wildman–Crippen LogP) is 6.18. The van der Waals surface area contributed by atoms with Crippen molar-refractivity contribution in [1.82, 2.24) is 10.3 Å². The molecule has 1 N–H and O–H groups in total. The van der Waals surface area contributed by atoms with E-state index < -0.39 is 0 Å². The Morgan fingerprint density at radius 2 is 1.91 bits per heavy atom. The summed E-state index contributed by atoms with van der Waals surface area (Å²) < 4.78 is 11.5. The predicted molar refractivity (Wildman–Crippen MR) is 126 cm³/mol. The summed E-state index contributed by atoms with van der Waals surface area (Å²) in [7, 11) is 0. The molecule has 0 bridgehead atoms. The van der Waals surface area contributed by atoms with Crippen molar-refractivity contribution in [1.29, 1.82) is 0 Å². The maximum Gasteiger partial charge on any atom is 0.251 e. The third-order valence-electron chi connectivity index (χ3n) is 5.08. The second kappa shape index (κ2) is 10.3. The third kappa shape index (κ3) is 5.68. The number of oxazole rings is 1. The number of hydrogen-bond acceptors (Lipinski definition) is 4. The molecule has 5 nitrogen and oxygen atoms in total. The van der Waals surface area contributed by atoms with E-state index in [9.17, 15) is 4.79 Å². The molecule has 1 amide bonds. The Bertz CT molecular complexity index is 1200. The van der Waals surface area contributed by atoms with Gasteiger partial charge in [0.15, 0.2) is 11.5 Å². The number of carbonyl (C=O) groups is 1. The largest absolute Gasteiger partial charge is 0.494 e. The fraction of sp³-hybridized carbons (Fsp3) is 0.231. The van der Waals surface area contributed by atoms with Crippen molar-refractivity contribution in [2.24, 2.45) is 0 Å². The van der Waals surface area contributed by atoms with Gasteiger partial charge in [0.25, 0.3) is 5.91 Å². The molecule has 0 saturated heterocycles. The number of nitrogens with one attached hydrogen (secondary N) is 1. The average molecular weight is 449 g/mol. The van der Waals surface area contributed by atoms with Crippen molar-refractivity contribution in [2.75, 3.05) is 6.61 Å². The van der Waals surface area contributed by atoms with Crippen LogP contribution in [0.1, 0.15) is 47.1 Å². The summed E-state index contributed by atoms with van der Waals surface area (Å²) in [5.74, 6) is 1.27. The highest BCUT2D eigenvalue weighted by molar-refractivity contribution is 6.30. The number of ether oxygens (including phenoxy) is 1. The molecule has 0 aliphatic rings. The second-order valence-electron chi connectivity index (χ2n) is 7.63. The lowest BCUT2D eigenvalue weighted by atomic mass is 10.1. The summed E-state index contributed by atoms with van der Waals surface area (Å²) in [5.41, 5.74) is 3.86. The SMILES string of the molecule is CCCCOc1ccc(CNC(=O)c2ccc3nc(Cc4cccc(Cl)c4)oc3c2)cc1. The first-order valence-corrected chi connectivity index (χ1v) is 11.1. The summed E-state index contributed by atoms with van der Waals surface area (Å²) in [6.07, 6.45) is 2.68. The molecule has 4 aromatic rings. The molecule has 164 valence electrons. The van der Waals surface area contributed by atoms with Gasteiger partial charge in [-0.1, -0.05) is 49.2 Å². The number of unbranched alkanes of at least 4 members (excludes halogenated alkanes) is 1. The minimum atomic E-state index is -0.164. The molecule has 0 fully saturated rings. The van der Waals surface area contributed by atoms with Crippen LogP contribution in [0.25, 0.3) is 11.1 Å². The van der Waals surface area contributed by atoms with E-state index in [1.807, 2.05) is 48.5 Å². The average Bonchev–Trinajstić information content (AvgIpc) is 3.20. The van der Waals surface area contributed by atoms with Crippen LogP contribution < -0.4 is 10.1 Å². The van der Waals surface area contributed by atoms with Crippen LogP contribution in [0.15, 0.2) is 71.1 Å². The third-order valence-corrected chi connectivity index (χ3v) is 5.32. The van der Waals surface area contributed by atoms with E-state index in [0.717, 1.165) is 41.8 Å². The summed E-state index contributed by atoms with van der Waals surface area (Å²) in [6.45, 7) is 3.29. The van der Waals surface area contributed by atoms with E-state index in [-0.39, 0.29) is 5.91 Å². The van der Waals surface area contributed by atoms with Crippen LogP contribution in [-0.2, 0) is 13.0 Å². The topological polar surface area (TPSA) is 64.4 Å². The van der Waals surface area contributed by atoms with Gasteiger partial charge >= 0.3 is 0 Å². The fourth-order valence-electron chi connectivity index (χ4n) is 3.33. The number of benzene rings is 3. The molecular weight excluding hydrogens is 424 g/mol. The van der Waals surface area contributed by atoms with Gasteiger partial charge in [-0.05, 0) is 60.0 Å². The standard InChI is InChI=1S/C26H25ClN2O3/c1-2-3-13-31-22-10-7-18(8-11-22)17-28-26(30)20-9-12-23-24(16-20)32-25(29-23)15-19-5-4-6-21(27)14-19/h4-12,14,16H,2-3,13,15,17H2,1H3,(H,28,30). The number of hydrogen-bond donors (Lipinski definition) is 1. The lowest BCUT2D eigenvalue weighted by molar-refractivity contribution is 0.0951. The molecule has 0 aliphatic heterocycles. The first kappa shape index (κ1) is 21.9. The van der Waals surface area contributed by atoms with Crippen LogP contribution in [0.3, 0.4) is 0 Å². The lowest BCUT2D eigenvalue weighted by Crippen LogP contribution is -2.22. The van der Waals surface area contributed by atoms with Gasteiger partial charge in [0.05, 0.1) is 6.61 Å². The van der Waals surface area contributed by atoms with Crippen LogP contribution in [0, 0.1) is 0 Å². The Morgan fingerprint density at radius 3 is 2.69 bits per heavy atom. The first-order valence-electron chi connectivity index (χ1n) is 10.7. The molecule has 1 heterocycles. The van der Waals surface area contributed by atoms with E-state index in [1.165, 1.54) is 0 Å². The summed E-state index contributed by atoms with van der Waals surface area (Å²) >= 11 is 6.05. The van der Waals surface area contributed by atoms with Gasteiger partial charge < -0.3 is 14.5 Å². The first-order chi connectivity index (χ1) is 15.6. The molecule has 32 heavy (non-hydrogen) atoms. The van der Waals surface area contributed by atoms with Crippen molar-refractivity contribution in [3.8, 4) is 5.75 Å². The van der Waals surface area contributed by atoms with Crippen LogP contribution in [0.2, 0.25) is 5.02 Å². The van der Waals surface area contributed by atoms with Crippen LogP contribution in [0.5, 0.6) is 5.75 Å². The summed E-state index contributed by atoms with van der Waals surface area (Å²) in [4.78, 5) is 17.1. The molecule has 0 unspecified atom stereocenters. The number of nitrogens with zero attached hydrogens (tertiary/aromatic N) is 1.